The molecule has 0 saturated carbocycles. The standard InChI is InChI=1S/C25H30N4O2S/c1-17-7-6-8-22(15-17)24(31)27-25-29(18(2)19(3)32-25)16-20-9-11-21(12-10-20)23(30)26-13-14-28(4)5/h6-12,15H,13-14,16H2,1-5H3,(H,26,30). The average Bonchev–Trinajstić information content (AvgIpc) is 3.01. The first-order chi connectivity index (χ1) is 15.2. The molecule has 168 valence electrons. The fraction of sp³-hybridized carbons (Fsp3) is 0.320. The molecule has 0 atom stereocenters. The lowest BCUT2D eigenvalue weighted by molar-refractivity contribution is 0.0949. The smallest absolute Gasteiger partial charge is 0.279 e. The molecule has 2 aromatic carbocycles. The van der Waals surface area contributed by atoms with Gasteiger partial charge in [-0.2, -0.15) is 4.99 Å². The Bertz CT molecular complexity index is 1170. The van der Waals surface area contributed by atoms with Crippen LogP contribution in [0, 0.1) is 20.8 Å². The lowest BCUT2D eigenvalue weighted by Crippen LogP contribution is -2.31. The molecule has 1 N–H and O–H groups in total. The predicted octanol–water partition coefficient (Wildman–Crippen LogP) is 3.56. The highest BCUT2D eigenvalue weighted by molar-refractivity contribution is 7.09. The largest absolute Gasteiger partial charge is 0.351 e. The Kier molecular flexibility index (Phi) is 7.77. The van der Waals surface area contributed by atoms with E-state index in [0.717, 1.165) is 28.2 Å². The van der Waals surface area contributed by atoms with E-state index in [9.17, 15) is 9.59 Å². The van der Waals surface area contributed by atoms with Gasteiger partial charge in [0, 0.05) is 34.8 Å². The van der Waals surface area contributed by atoms with Gasteiger partial charge in [-0.25, -0.2) is 0 Å². The zero-order valence-electron chi connectivity index (χ0n) is 19.3. The second-order valence-corrected chi connectivity index (χ2v) is 9.34. The van der Waals surface area contributed by atoms with Crippen LogP contribution in [0.1, 0.15) is 42.4 Å². The number of nitrogens with one attached hydrogen (secondary N) is 1. The Balaban J connectivity index is 1.79. The summed E-state index contributed by atoms with van der Waals surface area (Å²) in [4.78, 5) is 33.3. The van der Waals surface area contributed by atoms with Gasteiger partial charge in [-0.15, -0.1) is 11.3 Å². The maximum Gasteiger partial charge on any atom is 0.279 e. The van der Waals surface area contributed by atoms with Crippen LogP contribution in [0.5, 0.6) is 0 Å². The summed E-state index contributed by atoms with van der Waals surface area (Å²) in [7, 11) is 3.95. The van der Waals surface area contributed by atoms with Gasteiger partial charge in [-0.1, -0.05) is 29.8 Å². The van der Waals surface area contributed by atoms with Crippen molar-refractivity contribution in [3.8, 4) is 0 Å². The quantitative estimate of drug-likeness (QED) is 0.599. The molecule has 32 heavy (non-hydrogen) atoms. The summed E-state index contributed by atoms with van der Waals surface area (Å²) >= 11 is 1.51. The van der Waals surface area contributed by atoms with Crippen LogP contribution in [0.15, 0.2) is 53.5 Å². The summed E-state index contributed by atoms with van der Waals surface area (Å²) in [6.45, 7) is 8.02. The van der Waals surface area contributed by atoms with E-state index in [1.807, 2.05) is 82.2 Å². The summed E-state index contributed by atoms with van der Waals surface area (Å²) in [6, 6.07) is 15.1. The molecule has 0 fully saturated rings. The second kappa shape index (κ2) is 10.5. The normalized spacial score (nSPS) is 11.8. The number of likely N-dealkylation sites (N-methyl/N-ethyl adjacent to an activating group) is 1. The summed E-state index contributed by atoms with van der Waals surface area (Å²) < 4.78 is 2.06. The monoisotopic (exact) mass is 450 g/mol. The third-order valence-corrected chi connectivity index (χ3v) is 6.35. The number of carbonyl (C=O) groups is 2. The van der Waals surface area contributed by atoms with E-state index in [-0.39, 0.29) is 11.8 Å². The number of aryl methyl sites for hydroxylation is 2. The molecule has 0 spiro atoms. The molecular weight excluding hydrogens is 420 g/mol. The Morgan fingerprint density at radius 1 is 1.03 bits per heavy atom. The first-order valence-corrected chi connectivity index (χ1v) is 11.4. The van der Waals surface area contributed by atoms with Gasteiger partial charge in [0.05, 0.1) is 6.54 Å². The lowest BCUT2D eigenvalue weighted by Gasteiger charge is -2.11. The number of rotatable bonds is 7. The van der Waals surface area contributed by atoms with Crippen molar-refractivity contribution in [1.29, 1.82) is 0 Å². The van der Waals surface area contributed by atoms with E-state index in [1.165, 1.54) is 11.3 Å². The van der Waals surface area contributed by atoms with Crippen molar-refractivity contribution in [2.75, 3.05) is 27.2 Å². The van der Waals surface area contributed by atoms with Crippen LogP contribution in [0.25, 0.3) is 0 Å². The topological polar surface area (TPSA) is 66.7 Å². The van der Waals surface area contributed by atoms with Crippen molar-refractivity contribution in [1.82, 2.24) is 14.8 Å². The van der Waals surface area contributed by atoms with Crippen LogP contribution in [0.4, 0.5) is 0 Å². The Morgan fingerprint density at radius 3 is 2.41 bits per heavy atom. The van der Waals surface area contributed by atoms with Gasteiger partial charge in [-0.3, -0.25) is 9.59 Å². The number of amides is 2. The van der Waals surface area contributed by atoms with Gasteiger partial charge in [-0.05, 0) is 64.7 Å². The zero-order chi connectivity index (χ0) is 23.3. The van der Waals surface area contributed by atoms with E-state index in [4.69, 9.17) is 0 Å². The molecule has 0 unspecified atom stereocenters. The molecule has 0 saturated heterocycles. The highest BCUT2D eigenvalue weighted by Crippen LogP contribution is 2.14. The molecule has 0 bridgehead atoms. The molecule has 1 aromatic heterocycles. The van der Waals surface area contributed by atoms with E-state index < -0.39 is 0 Å². The highest BCUT2D eigenvalue weighted by atomic mass is 32.1. The number of hydrogen-bond donors (Lipinski definition) is 1. The minimum absolute atomic E-state index is 0.0759. The Labute approximate surface area is 193 Å². The average molecular weight is 451 g/mol. The van der Waals surface area contributed by atoms with Crippen LogP contribution in [0.2, 0.25) is 0 Å². The van der Waals surface area contributed by atoms with E-state index in [1.54, 1.807) is 6.07 Å². The van der Waals surface area contributed by atoms with Crippen molar-refractivity contribution in [2.24, 2.45) is 4.99 Å². The van der Waals surface area contributed by atoms with Crippen molar-refractivity contribution in [3.05, 3.63) is 86.2 Å². The van der Waals surface area contributed by atoms with Crippen LogP contribution in [0.3, 0.4) is 0 Å². The lowest BCUT2D eigenvalue weighted by atomic mass is 10.1. The van der Waals surface area contributed by atoms with E-state index in [0.29, 0.717) is 29.0 Å². The van der Waals surface area contributed by atoms with Gasteiger partial charge >= 0.3 is 0 Å². The van der Waals surface area contributed by atoms with Crippen molar-refractivity contribution in [3.63, 3.8) is 0 Å². The van der Waals surface area contributed by atoms with Crippen molar-refractivity contribution < 1.29 is 9.59 Å². The second-order valence-electron chi connectivity index (χ2n) is 8.15. The predicted molar refractivity (Wildman–Crippen MR) is 129 cm³/mol. The summed E-state index contributed by atoms with van der Waals surface area (Å²) in [5.74, 6) is -0.318. The van der Waals surface area contributed by atoms with Gasteiger partial charge < -0.3 is 14.8 Å². The van der Waals surface area contributed by atoms with Crippen LogP contribution < -0.4 is 10.1 Å². The van der Waals surface area contributed by atoms with Gasteiger partial charge in [0.25, 0.3) is 11.8 Å². The Morgan fingerprint density at radius 2 is 1.75 bits per heavy atom. The number of aromatic nitrogens is 1. The van der Waals surface area contributed by atoms with Gasteiger partial charge in [0.1, 0.15) is 0 Å². The molecule has 6 nitrogen and oxygen atoms in total. The zero-order valence-corrected chi connectivity index (χ0v) is 20.1. The van der Waals surface area contributed by atoms with E-state index in [2.05, 4.69) is 14.9 Å². The van der Waals surface area contributed by atoms with Crippen LogP contribution in [-0.2, 0) is 6.54 Å². The first-order valence-electron chi connectivity index (χ1n) is 10.6. The summed E-state index contributed by atoms with van der Waals surface area (Å²) in [5, 5.41) is 2.93. The molecular formula is C25H30N4O2S. The number of thiazole rings is 1. The third kappa shape index (κ3) is 6.02. The van der Waals surface area contributed by atoms with E-state index >= 15 is 0 Å². The van der Waals surface area contributed by atoms with Crippen LogP contribution in [-0.4, -0.2) is 48.5 Å². The number of hydrogen-bond acceptors (Lipinski definition) is 4. The third-order valence-electron chi connectivity index (χ3n) is 5.25. The molecule has 0 radical (unpaired) electrons. The van der Waals surface area contributed by atoms with Gasteiger partial charge in [0.2, 0.25) is 0 Å². The minimum Gasteiger partial charge on any atom is -0.351 e. The molecule has 1 heterocycles. The fourth-order valence-corrected chi connectivity index (χ4v) is 4.21. The SMILES string of the molecule is Cc1cccc(C(=O)N=c2sc(C)c(C)n2Cc2ccc(C(=O)NCCN(C)C)cc2)c1. The molecule has 0 aliphatic carbocycles. The van der Waals surface area contributed by atoms with Gasteiger partial charge in [0.15, 0.2) is 4.80 Å². The first kappa shape index (κ1) is 23.6. The van der Waals surface area contributed by atoms with Crippen molar-refractivity contribution >= 4 is 23.2 Å². The van der Waals surface area contributed by atoms with Crippen molar-refractivity contribution in [2.45, 2.75) is 27.3 Å². The maximum absolute atomic E-state index is 12.7. The fourth-order valence-electron chi connectivity index (χ4n) is 3.24. The minimum atomic E-state index is -0.242. The molecule has 7 heteroatoms. The molecule has 3 rings (SSSR count). The Hall–Kier alpha value is -3.03. The molecule has 0 aliphatic rings. The summed E-state index contributed by atoms with van der Waals surface area (Å²) in [5.41, 5.74) is 4.37. The molecule has 2 amide bonds. The highest BCUT2D eigenvalue weighted by Gasteiger charge is 2.11. The summed E-state index contributed by atoms with van der Waals surface area (Å²) in [6.07, 6.45) is 0. The number of nitrogens with zero attached hydrogens (tertiary/aromatic N) is 3. The number of benzene rings is 2. The van der Waals surface area contributed by atoms with Crippen LogP contribution >= 0.6 is 11.3 Å². The molecule has 3 aromatic rings. The number of carbonyl (C=O) groups excluding carboxylic acids is 2. The maximum atomic E-state index is 12.7. The molecule has 0 aliphatic heterocycles.